The molecule has 0 radical (unpaired) electrons. The van der Waals surface area contributed by atoms with E-state index in [0.717, 1.165) is 35.4 Å². The van der Waals surface area contributed by atoms with Crippen LogP contribution in [-0.4, -0.2) is 25.7 Å². The zero-order chi connectivity index (χ0) is 24.4. The molecule has 0 saturated carbocycles. The minimum Gasteiger partial charge on any atom is -0.489 e. The molecule has 3 atom stereocenters. The molecular formula is C31H31NO3. The van der Waals surface area contributed by atoms with Crippen LogP contribution in [0.5, 0.6) is 5.75 Å². The molecule has 0 fully saturated rings. The summed E-state index contributed by atoms with van der Waals surface area (Å²) >= 11 is 0. The SMILES string of the molecule is COC(=O)c1cc(C2C[C@H](CN[C@H](C)c3cccc4ccccc34)Oc3ccccc32)ccc1C. The van der Waals surface area contributed by atoms with E-state index in [4.69, 9.17) is 9.47 Å². The molecule has 4 aromatic carbocycles. The Hall–Kier alpha value is -3.63. The van der Waals surface area contributed by atoms with Gasteiger partial charge >= 0.3 is 5.97 Å². The van der Waals surface area contributed by atoms with E-state index in [9.17, 15) is 4.79 Å². The highest BCUT2D eigenvalue weighted by atomic mass is 16.5. The molecule has 4 aromatic rings. The Balaban J connectivity index is 1.39. The number of aryl methyl sites for hydroxylation is 1. The van der Waals surface area contributed by atoms with E-state index in [1.165, 1.54) is 23.4 Å². The fraction of sp³-hybridized carbons (Fsp3) is 0.258. The molecule has 0 aromatic heterocycles. The van der Waals surface area contributed by atoms with E-state index in [0.29, 0.717) is 5.56 Å². The van der Waals surface area contributed by atoms with Gasteiger partial charge in [-0.25, -0.2) is 4.79 Å². The van der Waals surface area contributed by atoms with Gasteiger partial charge in [0, 0.05) is 24.1 Å². The molecule has 1 heterocycles. The molecule has 178 valence electrons. The number of methoxy groups -OCH3 is 1. The molecule has 1 N–H and O–H groups in total. The van der Waals surface area contributed by atoms with Crippen molar-refractivity contribution >= 4 is 16.7 Å². The summed E-state index contributed by atoms with van der Waals surface area (Å²) in [5.41, 5.74) is 5.10. The van der Waals surface area contributed by atoms with Gasteiger partial charge in [0.05, 0.1) is 12.7 Å². The topological polar surface area (TPSA) is 47.6 Å². The maximum Gasteiger partial charge on any atom is 0.338 e. The number of benzene rings is 4. The van der Waals surface area contributed by atoms with Crippen molar-refractivity contribution in [2.24, 2.45) is 0 Å². The van der Waals surface area contributed by atoms with E-state index in [-0.39, 0.29) is 24.0 Å². The zero-order valence-electron chi connectivity index (χ0n) is 20.5. The summed E-state index contributed by atoms with van der Waals surface area (Å²) in [5.74, 6) is 0.754. The maximum absolute atomic E-state index is 12.3. The Kier molecular flexibility index (Phi) is 6.56. The number of hydrogen-bond acceptors (Lipinski definition) is 4. The van der Waals surface area contributed by atoms with Crippen LogP contribution >= 0.6 is 0 Å². The Morgan fingerprint density at radius 2 is 1.80 bits per heavy atom. The highest BCUT2D eigenvalue weighted by Gasteiger charge is 2.30. The predicted molar refractivity (Wildman–Crippen MR) is 140 cm³/mol. The van der Waals surface area contributed by atoms with Crippen molar-refractivity contribution in [1.29, 1.82) is 0 Å². The number of carbonyl (C=O) groups is 1. The van der Waals surface area contributed by atoms with Crippen molar-refractivity contribution in [3.63, 3.8) is 0 Å². The summed E-state index contributed by atoms with van der Waals surface area (Å²) in [7, 11) is 1.43. The maximum atomic E-state index is 12.3. The second-order valence-electron chi connectivity index (χ2n) is 9.33. The highest BCUT2D eigenvalue weighted by molar-refractivity contribution is 5.91. The quantitative estimate of drug-likeness (QED) is 0.327. The number of carbonyl (C=O) groups excluding carboxylic acids is 1. The van der Waals surface area contributed by atoms with Crippen molar-refractivity contribution in [3.05, 3.63) is 113 Å². The zero-order valence-corrected chi connectivity index (χ0v) is 20.5. The molecule has 4 heteroatoms. The monoisotopic (exact) mass is 465 g/mol. The molecule has 1 aliphatic rings. The van der Waals surface area contributed by atoms with Gasteiger partial charge < -0.3 is 14.8 Å². The molecule has 5 rings (SSSR count). The van der Waals surface area contributed by atoms with Crippen molar-refractivity contribution in [2.45, 2.75) is 38.3 Å². The van der Waals surface area contributed by atoms with Gasteiger partial charge in [-0.15, -0.1) is 0 Å². The van der Waals surface area contributed by atoms with E-state index >= 15 is 0 Å². The Morgan fingerprint density at radius 1 is 1.03 bits per heavy atom. The molecule has 4 nitrogen and oxygen atoms in total. The minimum atomic E-state index is -0.299. The van der Waals surface area contributed by atoms with Crippen LogP contribution in [0.1, 0.15) is 57.9 Å². The predicted octanol–water partition coefficient (Wildman–Crippen LogP) is 6.57. The second-order valence-corrected chi connectivity index (χ2v) is 9.33. The van der Waals surface area contributed by atoms with Gasteiger partial charge in [0.25, 0.3) is 0 Å². The Bertz CT molecular complexity index is 1360. The molecule has 1 unspecified atom stereocenters. The first-order chi connectivity index (χ1) is 17.0. The number of hydrogen-bond donors (Lipinski definition) is 1. The van der Waals surface area contributed by atoms with Crippen molar-refractivity contribution in [3.8, 4) is 5.75 Å². The van der Waals surface area contributed by atoms with Crippen molar-refractivity contribution in [2.75, 3.05) is 13.7 Å². The number of rotatable bonds is 6. The van der Waals surface area contributed by atoms with Crippen LogP contribution in [0.25, 0.3) is 10.8 Å². The van der Waals surface area contributed by atoms with E-state index in [1.54, 1.807) is 0 Å². The molecule has 0 aliphatic carbocycles. The van der Waals surface area contributed by atoms with E-state index < -0.39 is 0 Å². The smallest absolute Gasteiger partial charge is 0.338 e. The van der Waals surface area contributed by atoms with E-state index in [1.807, 2.05) is 37.3 Å². The Morgan fingerprint density at radius 3 is 2.66 bits per heavy atom. The van der Waals surface area contributed by atoms with Gasteiger partial charge in [-0.1, -0.05) is 72.8 Å². The molecule has 0 amide bonds. The highest BCUT2D eigenvalue weighted by Crippen LogP contribution is 2.41. The van der Waals surface area contributed by atoms with Crippen LogP contribution in [-0.2, 0) is 4.74 Å². The molecule has 0 bridgehead atoms. The lowest BCUT2D eigenvalue weighted by Crippen LogP contribution is -2.37. The number of ether oxygens (including phenoxy) is 2. The van der Waals surface area contributed by atoms with Crippen LogP contribution in [0.2, 0.25) is 0 Å². The van der Waals surface area contributed by atoms with Crippen molar-refractivity contribution in [1.82, 2.24) is 5.32 Å². The molecule has 35 heavy (non-hydrogen) atoms. The third-order valence-electron chi connectivity index (χ3n) is 7.10. The van der Waals surface area contributed by atoms with Crippen molar-refractivity contribution < 1.29 is 14.3 Å². The molecular weight excluding hydrogens is 434 g/mol. The fourth-order valence-electron chi connectivity index (χ4n) is 5.17. The van der Waals surface area contributed by atoms with Crippen LogP contribution < -0.4 is 10.1 Å². The average molecular weight is 466 g/mol. The van der Waals surface area contributed by atoms with Gasteiger partial charge in [0.1, 0.15) is 11.9 Å². The van der Waals surface area contributed by atoms with Gasteiger partial charge in [0.15, 0.2) is 0 Å². The third kappa shape index (κ3) is 4.67. The van der Waals surface area contributed by atoms with Crippen LogP contribution in [0, 0.1) is 6.92 Å². The normalized spacial score (nSPS) is 17.9. The van der Waals surface area contributed by atoms with Gasteiger partial charge in [-0.2, -0.15) is 0 Å². The van der Waals surface area contributed by atoms with Crippen LogP contribution in [0.15, 0.2) is 84.9 Å². The van der Waals surface area contributed by atoms with Crippen LogP contribution in [0.3, 0.4) is 0 Å². The lowest BCUT2D eigenvalue weighted by Gasteiger charge is -2.33. The first kappa shape index (κ1) is 23.1. The summed E-state index contributed by atoms with van der Waals surface area (Å²) in [6, 6.07) is 29.5. The summed E-state index contributed by atoms with van der Waals surface area (Å²) in [6.07, 6.45) is 0.839. The standard InChI is InChI=1S/C31H31NO3/c1-20-15-16-23(17-28(20)31(33)34-3)29-18-24(35-30-14-7-6-12-27(29)30)19-32-21(2)25-13-8-10-22-9-4-5-11-26(22)25/h4-17,21,24,29,32H,18-19H2,1-3H3/t21-,24-,29?/m1/s1. The van der Waals surface area contributed by atoms with Gasteiger partial charge in [0.2, 0.25) is 0 Å². The molecule has 0 spiro atoms. The minimum absolute atomic E-state index is 0.00945. The lowest BCUT2D eigenvalue weighted by atomic mass is 9.83. The van der Waals surface area contributed by atoms with E-state index in [2.05, 4.69) is 66.8 Å². The summed E-state index contributed by atoms with van der Waals surface area (Å²) in [5, 5.41) is 6.24. The van der Waals surface area contributed by atoms with Gasteiger partial charge in [-0.05, 0) is 59.9 Å². The third-order valence-corrected chi connectivity index (χ3v) is 7.10. The first-order valence-corrected chi connectivity index (χ1v) is 12.2. The number of nitrogens with one attached hydrogen (secondary N) is 1. The fourth-order valence-corrected chi connectivity index (χ4v) is 5.17. The molecule has 1 aliphatic heterocycles. The summed E-state index contributed by atoms with van der Waals surface area (Å²) < 4.78 is 11.4. The summed E-state index contributed by atoms with van der Waals surface area (Å²) in [6.45, 7) is 4.87. The van der Waals surface area contributed by atoms with Gasteiger partial charge in [-0.3, -0.25) is 0 Å². The number of fused-ring (bicyclic) bond motifs is 2. The number of esters is 1. The summed E-state index contributed by atoms with van der Waals surface area (Å²) in [4.78, 5) is 12.3. The average Bonchev–Trinajstić information content (AvgIpc) is 2.90. The Labute approximate surface area is 206 Å². The molecule has 0 saturated heterocycles. The lowest BCUT2D eigenvalue weighted by molar-refractivity contribution is 0.0599. The van der Waals surface area contributed by atoms with Crippen LogP contribution in [0.4, 0.5) is 0 Å². The largest absolute Gasteiger partial charge is 0.489 e. The number of para-hydroxylation sites is 1. The second kappa shape index (κ2) is 9.93. The first-order valence-electron chi connectivity index (χ1n) is 12.2.